The maximum atomic E-state index is 11.6. The smallest absolute Gasteiger partial charge is 0.333 e. The van der Waals surface area contributed by atoms with Crippen LogP contribution in [-0.4, -0.2) is 56.4 Å². The van der Waals surface area contributed by atoms with Gasteiger partial charge in [-0.25, -0.2) is 9.59 Å². The van der Waals surface area contributed by atoms with Gasteiger partial charge in [-0.05, 0) is 57.4 Å². The van der Waals surface area contributed by atoms with Crippen LogP contribution in [0.25, 0.3) is 0 Å². The first-order chi connectivity index (χ1) is 10.4. The number of carboxylic acid groups (broad SMARTS) is 2. The zero-order valence-corrected chi connectivity index (χ0v) is 15.0. The molecule has 0 saturated carbocycles. The van der Waals surface area contributed by atoms with Crippen molar-refractivity contribution in [2.24, 2.45) is 5.92 Å². The van der Waals surface area contributed by atoms with E-state index in [1.54, 1.807) is 0 Å². The lowest BCUT2D eigenvalue weighted by atomic mass is 9.81. The van der Waals surface area contributed by atoms with E-state index in [1.807, 2.05) is 0 Å². The highest BCUT2D eigenvalue weighted by molar-refractivity contribution is 14.1. The molecule has 0 spiro atoms. The second-order valence-corrected chi connectivity index (χ2v) is 7.37. The fourth-order valence-corrected chi connectivity index (χ4v) is 4.45. The van der Waals surface area contributed by atoms with Gasteiger partial charge in [0, 0.05) is 18.5 Å². The van der Waals surface area contributed by atoms with Gasteiger partial charge in [-0.15, -0.1) is 0 Å². The number of carboxylic acids is 2. The minimum absolute atomic E-state index is 0.0744. The van der Waals surface area contributed by atoms with E-state index in [1.165, 1.54) is 0 Å². The maximum Gasteiger partial charge on any atom is 0.333 e. The molecule has 3 N–H and O–H groups in total. The minimum atomic E-state index is -1.24. The summed E-state index contributed by atoms with van der Waals surface area (Å²) in [5.74, 6) is -2.23. The van der Waals surface area contributed by atoms with E-state index in [2.05, 4.69) is 53.6 Å². The van der Waals surface area contributed by atoms with Crippen LogP contribution in [0.2, 0.25) is 0 Å². The Balaban J connectivity index is 2.06. The van der Waals surface area contributed by atoms with Gasteiger partial charge in [-0.1, -0.05) is 0 Å². The van der Waals surface area contributed by atoms with E-state index in [4.69, 9.17) is 5.11 Å². The van der Waals surface area contributed by atoms with Crippen molar-refractivity contribution in [2.75, 3.05) is 13.1 Å². The summed E-state index contributed by atoms with van der Waals surface area (Å²) < 4.78 is 1.68. The summed E-state index contributed by atoms with van der Waals surface area (Å²) in [5, 5.41) is 25.6. The number of aromatic amines is 1. The van der Waals surface area contributed by atoms with E-state index in [0.29, 0.717) is 5.92 Å². The van der Waals surface area contributed by atoms with Crippen LogP contribution >= 0.6 is 38.5 Å². The molecule has 9 heteroatoms. The van der Waals surface area contributed by atoms with Crippen molar-refractivity contribution in [1.82, 2.24) is 15.1 Å². The highest BCUT2D eigenvalue weighted by Crippen LogP contribution is 2.48. The highest BCUT2D eigenvalue weighted by atomic mass is 127. The van der Waals surface area contributed by atoms with Crippen molar-refractivity contribution in [1.29, 1.82) is 0 Å². The fourth-order valence-electron chi connectivity index (χ4n) is 3.56. The topological polar surface area (TPSA) is 107 Å². The van der Waals surface area contributed by atoms with Gasteiger partial charge < -0.3 is 10.2 Å². The van der Waals surface area contributed by atoms with Crippen molar-refractivity contribution >= 4 is 50.5 Å². The number of nitrogens with zero attached hydrogens (tertiary/aromatic N) is 2. The molecule has 0 aliphatic carbocycles. The molecule has 22 heavy (non-hydrogen) atoms. The summed E-state index contributed by atoms with van der Waals surface area (Å²) in [6.07, 6.45) is 1.79. The second-order valence-electron chi connectivity index (χ2n) is 5.49. The van der Waals surface area contributed by atoms with Gasteiger partial charge in [0.1, 0.15) is 4.60 Å². The lowest BCUT2D eigenvalue weighted by Gasteiger charge is -2.32. The summed E-state index contributed by atoms with van der Waals surface area (Å²) >= 11 is 5.54. The predicted octanol–water partition coefficient (Wildman–Crippen LogP) is 1.66. The highest BCUT2D eigenvalue weighted by Gasteiger charge is 2.51. The Bertz CT molecular complexity index is 674. The largest absolute Gasteiger partial charge is 0.478 e. The van der Waals surface area contributed by atoms with Crippen LogP contribution in [0.1, 0.15) is 18.0 Å². The third-order valence-corrected chi connectivity index (χ3v) is 6.76. The lowest BCUT2D eigenvalue weighted by molar-refractivity contribution is -0.135. The summed E-state index contributed by atoms with van der Waals surface area (Å²) in [6, 6.07) is -0.448. The molecule has 0 radical (unpaired) electrons. The van der Waals surface area contributed by atoms with Gasteiger partial charge in [0.05, 0.1) is 20.9 Å². The number of carbonyl (C=O) groups is 2. The number of hydrogen-bond donors (Lipinski definition) is 3. The number of hydrogen-bond acceptors (Lipinski definition) is 4. The quantitative estimate of drug-likeness (QED) is 0.446. The van der Waals surface area contributed by atoms with E-state index < -0.39 is 18.0 Å². The Labute approximate surface area is 148 Å². The molecule has 2 fully saturated rings. The molecule has 7 nitrogen and oxygen atoms in total. The third-order valence-electron chi connectivity index (χ3n) is 4.35. The average molecular weight is 482 g/mol. The molecular weight excluding hydrogens is 469 g/mol. The molecule has 2 saturated heterocycles. The molecule has 1 aromatic heterocycles. The van der Waals surface area contributed by atoms with Crippen LogP contribution < -0.4 is 0 Å². The molecule has 0 aromatic carbocycles. The van der Waals surface area contributed by atoms with Crippen molar-refractivity contribution in [2.45, 2.75) is 18.4 Å². The predicted molar refractivity (Wildman–Crippen MR) is 88.6 cm³/mol. The first-order valence-electron chi connectivity index (χ1n) is 6.71. The zero-order chi connectivity index (χ0) is 16.0. The van der Waals surface area contributed by atoms with E-state index >= 15 is 0 Å². The zero-order valence-electron chi connectivity index (χ0n) is 11.3. The fraction of sp³-hybridized carbons (Fsp3) is 0.462. The number of H-pyrrole nitrogens is 1. The number of aliphatic carboxylic acids is 2. The monoisotopic (exact) mass is 481 g/mol. The molecule has 118 valence electrons. The van der Waals surface area contributed by atoms with Crippen molar-refractivity contribution in [3.63, 3.8) is 0 Å². The standard InChI is InChI=1S/C13H13BrIN3O4/c14-12-9(15)10(16-17-12)8-5-1-2-18(4-5)11(8)6(13(21)22)3-7(19)20/h3,5,8,11H,1-2,4H2,(H,16,17)(H,19,20)(H,21,22)/b6-3+. The lowest BCUT2D eigenvalue weighted by Crippen LogP contribution is -2.39. The first kappa shape index (κ1) is 15.9. The van der Waals surface area contributed by atoms with Gasteiger partial charge in [-0.2, -0.15) is 5.10 Å². The van der Waals surface area contributed by atoms with Crippen LogP contribution in [0.3, 0.4) is 0 Å². The van der Waals surface area contributed by atoms with Crippen LogP contribution in [-0.2, 0) is 9.59 Å². The maximum absolute atomic E-state index is 11.6. The molecule has 3 heterocycles. The van der Waals surface area contributed by atoms with Gasteiger partial charge in [0.15, 0.2) is 0 Å². The Hall–Kier alpha value is -0.940. The molecule has 0 amide bonds. The third kappa shape index (κ3) is 2.58. The Morgan fingerprint density at radius 1 is 1.45 bits per heavy atom. The summed E-state index contributed by atoms with van der Waals surface area (Å²) in [5.41, 5.74) is 0.733. The van der Waals surface area contributed by atoms with Gasteiger partial charge in [0.2, 0.25) is 0 Å². The summed E-state index contributed by atoms with van der Waals surface area (Å²) in [4.78, 5) is 24.6. The number of rotatable bonds is 4. The van der Waals surface area contributed by atoms with Crippen LogP contribution in [0, 0.1) is 9.49 Å². The Morgan fingerprint density at radius 3 is 2.73 bits per heavy atom. The van der Waals surface area contributed by atoms with E-state index in [9.17, 15) is 14.7 Å². The minimum Gasteiger partial charge on any atom is -0.478 e. The first-order valence-corrected chi connectivity index (χ1v) is 8.58. The molecule has 1 aromatic rings. The Morgan fingerprint density at radius 2 is 2.18 bits per heavy atom. The molecular formula is C13H13BrIN3O4. The van der Waals surface area contributed by atoms with E-state index in [-0.39, 0.29) is 11.5 Å². The molecule has 4 atom stereocenters. The van der Waals surface area contributed by atoms with Gasteiger partial charge in [-0.3, -0.25) is 10.00 Å². The number of nitrogens with one attached hydrogen (secondary N) is 1. The van der Waals surface area contributed by atoms with Crippen LogP contribution in [0.5, 0.6) is 0 Å². The Kier molecular flexibility index (Phi) is 4.29. The molecule has 2 aliphatic heterocycles. The molecule has 2 bridgehead atoms. The average Bonchev–Trinajstić information content (AvgIpc) is 3.12. The van der Waals surface area contributed by atoms with E-state index in [0.717, 1.165) is 39.5 Å². The number of piperidine rings is 1. The summed E-state index contributed by atoms with van der Waals surface area (Å²) in [6.45, 7) is 1.57. The number of aromatic nitrogens is 2. The van der Waals surface area contributed by atoms with Crippen molar-refractivity contribution < 1.29 is 19.8 Å². The molecule has 3 rings (SSSR count). The van der Waals surface area contributed by atoms with Crippen molar-refractivity contribution in [3.05, 3.63) is 25.5 Å². The van der Waals surface area contributed by atoms with Crippen LogP contribution in [0.15, 0.2) is 16.3 Å². The van der Waals surface area contributed by atoms with Gasteiger partial charge in [0.25, 0.3) is 0 Å². The summed E-state index contributed by atoms with van der Waals surface area (Å²) in [7, 11) is 0. The van der Waals surface area contributed by atoms with Crippen LogP contribution in [0.4, 0.5) is 0 Å². The van der Waals surface area contributed by atoms with Crippen molar-refractivity contribution in [3.8, 4) is 0 Å². The second kappa shape index (κ2) is 5.93. The molecule has 4 unspecified atom stereocenters. The normalized spacial score (nSPS) is 30.7. The molecule has 2 aliphatic rings. The number of fused-ring (bicyclic) bond motifs is 2. The van der Waals surface area contributed by atoms with Gasteiger partial charge >= 0.3 is 11.9 Å². The number of halogens is 2. The SMILES string of the molecule is O=C(O)/C=C(/C(=O)O)C1C(c2n[nH]c(Br)c2I)C2CCN1C2.